The lowest BCUT2D eigenvalue weighted by atomic mass is 10.0. The standard InChI is InChI=1S/C50H57FN10O8S/c1-25(2)41(56-49(65)67-7)46(63)59-17-9-11-34(59)43-52-23-31(54-43)27-13-14-33-29(19-27)21-36-40-30(51)20-28(22-37(40)69-48(61(33)36)39-16-15-38(70-39)45(62)58(5)6)32-24-53-44(55-32)35-12-10-18-60(35)47(64)42(26(3)4)57-50(66)68-8/h13-16,19-26,34-35,41-42,48H,9-12,17-18H2,1-8H3,(H,52,54)(H,53,55)(H,56,65)(H,57,66)/t34-,35-,41-,42-,48?/m0/s1. The van der Waals surface area contributed by atoms with Crippen LogP contribution >= 0.6 is 11.3 Å². The Hall–Kier alpha value is -7.22. The van der Waals surface area contributed by atoms with Crippen molar-refractivity contribution in [3.05, 3.63) is 88.1 Å². The van der Waals surface area contributed by atoms with E-state index in [0.29, 0.717) is 65.2 Å². The van der Waals surface area contributed by atoms with E-state index in [1.54, 1.807) is 48.4 Å². The van der Waals surface area contributed by atoms with Gasteiger partial charge in [0.25, 0.3) is 5.91 Å². The highest BCUT2D eigenvalue weighted by Gasteiger charge is 2.40. The van der Waals surface area contributed by atoms with E-state index in [9.17, 15) is 24.0 Å². The Balaban J connectivity index is 1.05. The van der Waals surface area contributed by atoms with Gasteiger partial charge < -0.3 is 49.5 Å². The molecule has 0 bridgehead atoms. The summed E-state index contributed by atoms with van der Waals surface area (Å²) in [6, 6.07) is 12.4. The van der Waals surface area contributed by atoms with E-state index in [0.717, 1.165) is 39.9 Å². The number of likely N-dealkylation sites (tertiary alicyclic amines) is 2. The third-order valence-corrected chi connectivity index (χ3v) is 14.5. The van der Waals surface area contributed by atoms with Crippen molar-refractivity contribution in [2.75, 3.05) is 41.4 Å². The molecule has 9 rings (SSSR count). The fourth-order valence-electron chi connectivity index (χ4n) is 9.80. The van der Waals surface area contributed by atoms with Crippen molar-refractivity contribution in [1.29, 1.82) is 0 Å². The molecule has 18 nitrogen and oxygen atoms in total. The van der Waals surface area contributed by atoms with Crippen molar-refractivity contribution in [3.63, 3.8) is 0 Å². The number of nitrogens with one attached hydrogen (secondary N) is 4. The number of hydrogen-bond acceptors (Lipinski definition) is 11. The zero-order valence-corrected chi connectivity index (χ0v) is 41.1. The first-order valence-electron chi connectivity index (χ1n) is 23.4. The third-order valence-electron chi connectivity index (χ3n) is 13.4. The molecule has 7 heterocycles. The first kappa shape index (κ1) is 47.8. The van der Waals surface area contributed by atoms with E-state index in [4.69, 9.17) is 19.2 Å². The van der Waals surface area contributed by atoms with Crippen molar-refractivity contribution in [1.82, 2.24) is 49.8 Å². The summed E-state index contributed by atoms with van der Waals surface area (Å²) in [4.78, 5) is 87.5. The molecule has 4 N–H and O–H groups in total. The first-order valence-corrected chi connectivity index (χ1v) is 24.3. The number of H-pyrrole nitrogens is 2. The van der Waals surface area contributed by atoms with Crippen LogP contribution in [0.1, 0.15) is 97.9 Å². The molecular weight excluding hydrogens is 920 g/mol. The Morgan fingerprint density at radius 1 is 0.786 bits per heavy atom. The average Bonchev–Trinajstić information content (AvgIpc) is 4.20. The number of halogens is 1. The van der Waals surface area contributed by atoms with E-state index < -0.39 is 42.4 Å². The number of hydrogen-bond donors (Lipinski definition) is 4. The fraction of sp³-hybridized carbons (Fsp3) is 0.420. The minimum atomic E-state index is -0.794. The number of ether oxygens (including phenoxy) is 3. The van der Waals surface area contributed by atoms with Gasteiger partial charge in [0, 0.05) is 43.7 Å². The summed E-state index contributed by atoms with van der Waals surface area (Å²) in [5.74, 6) is -0.0202. The number of benzene rings is 2. The molecule has 0 aliphatic carbocycles. The molecule has 0 spiro atoms. The number of carbonyl (C=O) groups is 5. The highest BCUT2D eigenvalue weighted by atomic mass is 32.1. The SMILES string of the molecule is COC(=O)N[C@H](C(=O)N1CCC[C@H]1c1ncc(-c2cc(F)c3c(c2)OC(c2ccc(C(=O)N(C)C)s2)n2c-3cc3cc(-c4cnc([C@@H]5CCCN5C(=O)[C@@H](NC(=O)OC)C(C)C)[nH]4)ccc32)[nH]1)C(C)C. The second kappa shape index (κ2) is 19.3. The van der Waals surface area contributed by atoms with Gasteiger partial charge in [-0.05, 0) is 80.0 Å². The summed E-state index contributed by atoms with van der Waals surface area (Å²) in [7, 11) is 5.92. The third kappa shape index (κ3) is 8.84. The van der Waals surface area contributed by atoms with Gasteiger partial charge in [-0.3, -0.25) is 19.0 Å². The molecule has 70 heavy (non-hydrogen) atoms. The second-order valence-electron chi connectivity index (χ2n) is 18.8. The van der Waals surface area contributed by atoms with Gasteiger partial charge in [-0.25, -0.2) is 23.9 Å². The average molecular weight is 977 g/mol. The summed E-state index contributed by atoms with van der Waals surface area (Å²) < 4.78 is 35.3. The van der Waals surface area contributed by atoms with Gasteiger partial charge in [0.2, 0.25) is 18.0 Å². The lowest BCUT2D eigenvalue weighted by Crippen LogP contribution is -2.51. The summed E-state index contributed by atoms with van der Waals surface area (Å²) in [6.07, 6.45) is 4.09. The van der Waals surface area contributed by atoms with Gasteiger partial charge in [-0.2, -0.15) is 0 Å². The molecule has 0 radical (unpaired) electrons. The van der Waals surface area contributed by atoms with Gasteiger partial charge in [0.15, 0.2) is 0 Å². The Kier molecular flexibility index (Phi) is 13.2. The van der Waals surface area contributed by atoms with Crippen LogP contribution in [0.3, 0.4) is 0 Å². The van der Waals surface area contributed by atoms with E-state index in [1.807, 2.05) is 62.6 Å². The van der Waals surface area contributed by atoms with E-state index in [-0.39, 0.29) is 41.2 Å². The quantitative estimate of drug-likeness (QED) is 0.0928. The maximum atomic E-state index is 16.9. The largest absolute Gasteiger partial charge is 0.464 e. The lowest BCUT2D eigenvalue weighted by Gasteiger charge is -2.30. The van der Waals surface area contributed by atoms with Crippen LogP contribution in [-0.4, -0.2) is 123 Å². The summed E-state index contributed by atoms with van der Waals surface area (Å²) in [5.41, 5.74) is 4.16. The number of aromatic amines is 2. The molecule has 6 aromatic rings. The predicted molar refractivity (Wildman–Crippen MR) is 259 cm³/mol. The molecule has 0 saturated carbocycles. The highest BCUT2D eigenvalue weighted by molar-refractivity contribution is 7.14. The predicted octanol–water partition coefficient (Wildman–Crippen LogP) is 8.02. The molecule has 2 saturated heterocycles. The number of alkyl carbamates (subject to hydrolysis) is 2. The monoisotopic (exact) mass is 976 g/mol. The Labute approximate surface area is 407 Å². The molecule has 2 aromatic carbocycles. The van der Waals surface area contributed by atoms with Crippen molar-refractivity contribution < 1.29 is 42.6 Å². The second-order valence-corrected chi connectivity index (χ2v) is 20.0. The number of imidazole rings is 2. The van der Waals surface area contributed by atoms with Crippen molar-refractivity contribution in [2.24, 2.45) is 11.8 Å². The topological polar surface area (TPSA) is 209 Å². The Bertz CT molecular complexity index is 2990. The van der Waals surface area contributed by atoms with Crippen LogP contribution in [0.4, 0.5) is 14.0 Å². The Morgan fingerprint density at radius 3 is 1.90 bits per heavy atom. The molecule has 3 aliphatic rings. The highest BCUT2D eigenvalue weighted by Crippen LogP contribution is 2.48. The van der Waals surface area contributed by atoms with Crippen LogP contribution in [0.2, 0.25) is 0 Å². The van der Waals surface area contributed by atoms with Gasteiger partial charge in [0.05, 0.1) is 76.6 Å². The van der Waals surface area contributed by atoms with Crippen molar-refractivity contribution in [3.8, 4) is 39.5 Å². The first-order chi connectivity index (χ1) is 33.6. The number of methoxy groups -OCH3 is 2. The number of rotatable bonds is 12. The smallest absolute Gasteiger partial charge is 0.407 e. The molecule has 4 aromatic heterocycles. The van der Waals surface area contributed by atoms with Gasteiger partial charge in [-0.15, -0.1) is 11.3 Å². The Morgan fingerprint density at radius 2 is 1.36 bits per heavy atom. The van der Waals surface area contributed by atoms with E-state index >= 15 is 4.39 Å². The number of aromatic nitrogens is 5. The number of nitrogens with zero attached hydrogens (tertiary/aromatic N) is 6. The zero-order chi connectivity index (χ0) is 49.7. The molecule has 5 atom stereocenters. The summed E-state index contributed by atoms with van der Waals surface area (Å²) in [6.45, 7) is 8.46. The molecule has 1 unspecified atom stereocenters. The van der Waals surface area contributed by atoms with Crippen molar-refractivity contribution >= 4 is 52.1 Å². The minimum absolute atomic E-state index is 0.151. The van der Waals surface area contributed by atoms with Crippen LogP contribution < -0.4 is 15.4 Å². The summed E-state index contributed by atoms with van der Waals surface area (Å²) in [5, 5.41) is 6.17. The van der Waals surface area contributed by atoms with Crippen molar-refractivity contribution in [2.45, 2.75) is 83.8 Å². The minimum Gasteiger partial charge on any atom is -0.464 e. The molecular formula is C50H57FN10O8S. The van der Waals surface area contributed by atoms with Crippen LogP contribution in [0.15, 0.2) is 60.9 Å². The summed E-state index contributed by atoms with van der Waals surface area (Å²) >= 11 is 1.31. The number of fused-ring (bicyclic) bond motifs is 5. The molecule has 368 valence electrons. The van der Waals surface area contributed by atoms with E-state index in [2.05, 4.69) is 25.6 Å². The van der Waals surface area contributed by atoms with E-state index in [1.165, 1.54) is 36.5 Å². The lowest BCUT2D eigenvalue weighted by molar-refractivity contribution is -0.136. The van der Waals surface area contributed by atoms with Gasteiger partial charge >= 0.3 is 12.2 Å². The normalized spacial score (nSPS) is 18.4. The number of amides is 5. The molecule has 5 amide bonds. The molecule has 2 fully saturated rings. The van der Waals surface area contributed by atoms with Gasteiger partial charge in [0.1, 0.15) is 35.3 Å². The van der Waals surface area contributed by atoms with Gasteiger partial charge in [-0.1, -0.05) is 33.8 Å². The molecule has 20 heteroatoms. The zero-order valence-electron chi connectivity index (χ0n) is 40.3. The van der Waals surface area contributed by atoms with Crippen LogP contribution in [0, 0.1) is 17.7 Å². The van der Waals surface area contributed by atoms with Crippen LogP contribution in [-0.2, 0) is 19.1 Å². The maximum Gasteiger partial charge on any atom is 0.407 e. The van der Waals surface area contributed by atoms with Crippen LogP contribution in [0.5, 0.6) is 5.75 Å². The number of thiophene rings is 1. The maximum absolute atomic E-state index is 16.9. The number of carbonyl (C=O) groups excluding carboxylic acids is 5. The fourth-order valence-corrected chi connectivity index (χ4v) is 10.8. The molecule has 3 aliphatic heterocycles. The van der Waals surface area contributed by atoms with Crippen LogP contribution in [0.25, 0.3) is 44.7 Å².